The molecule has 3 heteroatoms. The molecule has 74 valence electrons. The van der Waals surface area contributed by atoms with Crippen molar-refractivity contribution in [3.05, 3.63) is 0 Å². The molecule has 0 aliphatic carbocycles. The summed E-state index contributed by atoms with van der Waals surface area (Å²) in [4.78, 5) is 6.94. The van der Waals surface area contributed by atoms with E-state index in [2.05, 4.69) is 22.1 Å². The van der Waals surface area contributed by atoms with Crippen molar-refractivity contribution < 1.29 is 0 Å². The number of hydrogen-bond acceptors (Lipinski definition) is 3. The highest BCUT2D eigenvalue weighted by Crippen LogP contribution is 2.14. The topological polar surface area (TPSA) is 27.6 Å². The Labute approximate surface area is 80.2 Å². The minimum atomic E-state index is 0.871. The van der Waals surface area contributed by atoms with Crippen LogP contribution in [0.15, 0.2) is 4.99 Å². The minimum absolute atomic E-state index is 0.871. The van der Waals surface area contributed by atoms with Crippen molar-refractivity contribution in [3.63, 3.8) is 0 Å². The van der Waals surface area contributed by atoms with Crippen LogP contribution < -0.4 is 5.32 Å². The Morgan fingerprint density at radius 2 is 2.54 bits per heavy atom. The molecule has 0 aromatic carbocycles. The number of nitrogens with one attached hydrogen (secondary N) is 1. The monoisotopic (exact) mass is 181 g/mol. The number of amidine groups is 1. The van der Waals surface area contributed by atoms with Crippen LogP contribution >= 0.6 is 0 Å². The molecule has 3 nitrogen and oxygen atoms in total. The molecule has 0 aromatic heterocycles. The quantitative estimate of drug-likeness (QED) is 0.680. The van der Waals surface area contributed by atoms with Crippen LogP contribution in [0.25, 0.3) is 0 Å². The van der Waals surface area contributed by atoms with Crippen LogP contribution in [0.5, 0.6) is 0 Å². The average molecular weight is 181 g/mol. The van der Waals surface area contributed by atoms with Crippen LogP contribution in [0.1, 0.15) is 19.8 Å². The molecule has 1 unspecified atom stereocenters. The van der Waals surface area contributed by atoms with Gasteiger partial charge in [-0.05, 0) is 25.3 Å². The highest BCUT2D eigenvalue weighted by atomic mass is 15.2. The largest absolute Gasteiger partial charge is 0.371 e. The van der Waals surface area contributed by atoms with E-state index in [0.717, 1.165) is 25.6 Å². The van der Waals surface area contributed by atoms with E-state index < -0.39 is 0 Å². The van der Waals surface area contributed by atoms with Gasteiger partial charge in [0.1, 0.15) is 5.84 Å². The molecule has 1 saturated heterocycles. The van der Waals surface area contributed by atoms with Crippen LogP contribution in [-0.4, -0.2) is 43.5 Å². The molecule has 13 heavy (non-hydrogen) atoms. The lowest BCUT2D eigenvalue weighted by Gasteiger charge is -2.30. The fourth-order valence-electron chi connectivity index (χ4n) is 2.19. The Morgan fingerprint density at radius 3 is 3.23 bits per heavy atom. The molecule has 2 rings (SSSR count). The average Bonchev–Trinajstić information content (AvgIpc) is 2.57. The lowest BCUT2D eigenvalue weighted by molar-refractivity contribution is 0.206. The Morgan fingerprint density at radius 1 is 1.62 bits per heavy atom. The summed E-state index contributed by atoms with van der Waals surface area (Å²) in [5.74, 6) is 2.07. The molecular weight excluding hydrogens is 162 g/mol. The third-order valence-corrected chi connectivity index (χ3v) is 2.86. The second-order valence-corrected chi connectivity index (χ2v) is 4.24. The molecule has 0 aromatic rings. The fourth-order valence-corrected chi connectivity index (χ4v) is 2.19. The van der Waals surface area contributed by atoms with Gasteiger partial charge in [0.2, 0.25) is 0 Å². The second-order valence-electron chi connectivity index (χ2n) is 4.24. The first-order chi connectivity index (χ1) is 6.34. The molecule has 0 bridgehead atoms. The maximum Gasteiger partial charge on any atom is 0.111 e. The molecule has 1 atom stereocenters. The Bertz CT molecular complexity index is 200. The Kier molecular flexibility index (Phi) is 2.83. The minimum Gasteiger partial charge on any atom is -0.371 e. The SMILES string of the molecule is CC1CCCN(CC2=NCCN2)C1. The van der Waals surface area contributed by atoms with Crippen LogP contribution in [0.4, 0.5) is 0 Å². The summed E-state index contributed by atoms with van der Waals surface area (Å²) in [5.41, 5.74) is 0. The first-order valence-corrected chi connectivity index (χ1v) is 5.34. The standard InChI is InChI=1S/C10H19N3/c1-9-3-2-6-13(7-9)8-10-11-4-5-12-10/h9H,2-8H2,1H3,(H,11,12). The van der Waals surface area contributed by atoms with E-state index in [0.29, 0.717) is 0 Å². The van der Waals surface area contributed by atoms with Crippen LogP contribution in [-0.2, 0) is 0 Å². The third-order valence-electron chi connectivity index (χ3n) is 2.86. The molecular formula is C10H19N3. The maximum atomic E-state index is 4.42. The van der Waals surface area contributed by atoms with Crippen LogP contribution in [0, 0.1) is 5.92 Å². The van der Waals surface area contributed by atoms with Crippen molar-refractivity contribution in [2.75, 3.05) is 32.7 Å². The first-order valence-electron chi connectivity index (χ1n) is 5.34. The zero-order chi connectivity index (χ0) is 9.10. The lowest BCUT2D eigenvalue weighted by Crippen LogP contribution is -2.40. The molecule has 0 amide bonds. The summed E-state index contributed by atoms with van der Waals surface area (Å²) >= 11 is 0. The van der Waals surface area contributed by atoms with Gasteiger partial charge in [0, 0.05) is 13.1 Å². The third kappa shape index (κ3) is 2.44. The van der Waals surface area contributed by atoms with E-state index in [-0.39, 0.29) is 0 Å². The van der Waals surface area contributed by atoms with Gasteiger partial charge in [-0.25, -0.2) is 0 Å². The zero-order valence-electron chi connectivity index (χ0n) is 8.42. The first kappa shape index (κ1) is 9.00. The number of hydrogen-bond donors (Lipinski definition) is 1. The molecule has 0 saturated carbocycles. The molecule has 2 aliphatic rings. The smallest absolute Gasteiger partial charge is 0.111 e. The van der Waals surface area contributed by atoms with Gasteiger partial charge in [-0.2, -0.15) is 0 Å². The molecule has 1 fully saturated rings. The number of likely N-dealkylation sites (tertiary alicyclic amines) is 1. The summed E-state index contributed by atoms with van der Waals surface area (Å²) in [7, 11) is 0. The summed E-state index contributed by atoms with van der Waals surface area (Å²) in [6.07, 6.45) is 2.75. The van der Waals surface area contributed by atoms with Gasteiger partial charge in [0.15, 0.2) is 0 Å². The van der Waals surface area contributed by atoms with E-state index >= 15 is 0 Å². The Balaban J connectivity index is 1.80. The van der Waals surface area contributed by atoms with E-state index in [1.807, 2.05) is 0 Å². The summed E-state index contributed by atoms with van der Waals surface area (Å²) in [6, 6.07) is 0. The predicted molar refractivity (Wildman–Crippen MR) is 55.1 cm³/mol. The van der Waals surface area contributed by atoms with Crippen molar-refractivity contribution in [2.45, 2.75) is 19.8 Å². The van der Waals surface area contributed by atoms with E-state index in [1.54, 1.807) is 0 Å². The van der Waals surface area contributed by atoms with Gasteiger partial charge in [-0.15, -0.1) is 0 Å². The van der Waals surface area contributed by atoms with Crippen molar-refractivity contribution in [2.24, 2.45) is 10.9 Å². The summed E-state index contributed by atoms with van der Waals surface area (Å²) in [5, 5.41) is 3.33. The number of piperidine rings is 1. The lowest BCUT2D eigenvalue weighted by atomic mass is 10.0. The highest BCUT2D eigenvalue weighted by molar-refractivity contribution is 5.85. The van der Waals surface area contributed by atoms with Crippen LogP contribution in [0.2, 0.25) is 0 Å². The van der Waals surface area contributed by atoms with Crippen molar-refractivity contribution in [3.8, 4) is 0 Å². The molecule has 1 N–H and O–H groups in total. The van der Waals surface area contributed by atoms with E-state index in [1.165, 1.54) is 31.8 Å². The van der Waals surface area contributed by atoms with Gasteiger partial charge < -0.3 is 5.32 Å². The summed E-state index contributed by atoms with van der Waals surface area (Å²) in [6.45, 7) is 7.91. The fraction of sp³-hybridized carbons (Fsp3) is 0.900. The highest BCUT2D eigenvalue weighted by Gasteiger charge is 2.18. The van der Waals surface area contributed by atoms with E-state index in [4.69, 9.17) is 0 Å². The maximum absolute atomic E-state index is 4.42. The molecule has 2 aliphatic heterocycles. The number of nitrogens with zero attached hydrogens (tertiary/aromatic N) is 2. The predicted octanol–water partition coefficient (Wildman–Crippen LogP) is 0.720. The normalized spacial score (nSPS) is 29.9. The van der Waals surface area contributed by atoms with Gasteiger partial charge in [0.05, 0.1) is 13.1 Å². The number of rotatable bonds is 2. The van der Waals surface area contributed by atoms with Crippen molar-refractivity contribution >= 4 is 5.84 Å². The zero-order valence-corrected chi connectivity index (χ0v) is 8.42. The van der Waals surface area contributed by atoms with Gasteiger partial charge in [-0.3, -0.25) is 9.89 Å². The second kappa shape index (κ2) is 4.09. The van der Waals surface area contributed by atoms with Crippen LogP contribution in [0.3, 0.4) is 0 Å². The summed E-state index contributed by atoms with van der Waals surface area (Å²) < 4.78 is 0. The van der Waals surface area contributed by atoms with Crippen molar-refractivity contribution in [1.29, 1.82) is 0 Å². The van der Waals surface area contributed by atoms with E-state index in [9.17, 15) is 0 Å². The Hall–Kier alpha value is -0.570. The molecule has 0 radical (unpaired) electrons. The van der Waals surface area contributed by atoms with Gasteiger partial charge in [-0.1, -0.05) is 6.92 Å². The van der Waals surface area contributed by atoms with Gasteiger partial charge >= 0.3 is 0 Å². The number of aliphatic imine (C=N–C) groups is 1. The molecule has 2 heterocycles. The van der Waals surface area contributed by atoms with Crippen molar-refractivity contribution in [1.82, 2.24) is 10.2 Å². The molecule has 0 spiro atoms. The van der Waals surface area contributed by atoms with Gasteiger partial charge in [0.25, 0.3) is 0 Å².